The number of hydrogen-bond donors (Lipinski definition) is 0. The van der Waals surface area contributed by atoms with Gasteiger partial charge in [-0.05, 0) is 59.3 Å². The summed E-state index contributed by atoms with van der Waals surface area (Å²) in [5, 5.41) is 5.31. The van der Waals surface area contributed by atoms with Crippen LogP contribution in [0.5, 0.6) is 0 Å². The van der Waals surface area contributed by atoms with E-state index in [4.69, 9.17) is 9.15 Å². The molecule has 3 aromatic rings. The first kappa shape index (κ1) is 17.5. The third kappa shape index (κ3) is 4.06. The molecule has 1 aliphatic rings. The molecule has 1 unspecified atom stereocenters. The fourth-order valence-corrected chi connectivity index (χ4v) is 4.29. The van der Waals surface area contributed by atoms with Crippen molar-refractivity contribution in [2.75, 3.05) is 13.2 Å². The molecule has 4 rings (SSSR count). The van der Waals surface area contributed by atoms with E-state index in [0.29, 0.717) is 11.7 Å². The lowest BCUT2D eigenvalue weighted by Gasteiger charge is -2.25. The van der Waals surface area contributed by atoms with Gasteiger partial charge in [-0.3, -0.25) is 4.90 Å². The van der Waals surface area contributed by atoms with E-state index in [1.807, 2.05) is 13.0 Å². The van der Waals surface area contributed by atoms with E-state index in [-0.39, 0.29) is 5.63 Å². The zero-order chi connectivity index (χ0) is 17.9. The molecule has 2 aromatic heterocycles. The maximum absolute atomic E-state index is 11.7. The maximum atomic E-state index is 11.7. The van der Waals surface area contributed by atoms with Crippen LogP contribution in [0.2, 0.25) is 0 Å². The molecule has 136 valence electrons. The average Bonchev–Trinajstić information content (AvgIpc) is 3.28. The highest BCUT2D eigenvalue weighted by Gasteiger charge is 2.20. The van der Waals surface area contributed by atoms with E-state index >= 15 is 0 Å². The fraction of sp³-hybridized carbons (Fsp3) is 0.381. The predicted molar refractivity (Wildman–Crippen MR) is 105 cm³/mol. The standard InChI is InChI=1S/C21H23NO3S/c1-15-9-21(23)25-20-10-16(4-5-19(15)20)11-22(12-17-6-8-26-14-17)13-18-3-2-7-24-18/h4-6,8-10,14,18H,2-3,7,11-13H2,1H3. The van der Waals surface area contributed by atoms with E-state index in [1.54, 1.807) is 17.4 Å². The zero-order valence-corrected chi connectivity index (χ0v) is 15.8. The van der Waals surface area contributed by atoms with Gasteiger partial charge >= 0.3 is 5.63 Å². The third-order valence-corrected chi connectivity index (χ3v) is 5.63. The molecule has 1 aliphatic heterocycles. The minimum atomic E-state index is -0.290. The summed E-state index contributed by atoms with van der Waals surface area (Å²) < 4.78 is 11.3. The first-order valence-electron chi connectivity index (χ1n) is 9.06. The molecule has 0 spiro atoms. The van der Waals surface area contributed by atoms with Crippen molar-refractivity contribution in [3.05, 3.63) is 68.2 Å². The van der Waals surface area contributed by atoms with Crippen LogP contribution in [0.3, 0.4) is 0 Å². The van der Waals surface area contributed by atoms with Gasteiger partial charge in [0.25, 0.3) is 0 Å². The van der Waals surface area contributed by atoms with Gasteiger partial charge in [0.05, 0.1) is 6.10 Å². The van der Waals surface area contributed by atoms with Gasteiger partial charge in [-0.2, -0.15) is 11.3 Å². The van der Waals surface area contributed by atoms with Crippen molar-refractivity contribution in [2.24, 2.45) is 0 Å². The SMILES string of the molecule is Cc1cc(=O)oc2cc(CN(Cc3ccsc3)CC3CCCO3)ccc12. The molecule has 1 saturated heterocycles. The highest BCUT2D eigenvalue weighted by Crippen LogP contribution is 2.21. The Kier molecular flexibility index (Phi) is 5.20. The van der Waals surface area contributed by atoms with E-state index in [2.05, 4.69) is 33.9 Å². The quantitative estimate of drug-likeness (QED) is 0.606. The number of thiophene rings is 1. The monoisotopic (exact) mass is 369 g/mol. The number of benzene rings is 1. The number of fused-ring (bicyclic) bond motifs is 1. The number of rotatable bonds is 6. The smallest absolute Gasteiger partial charge is 0.336 e. The first-order valence-corrected chi connectivity index (χ1v) is 10.00. The predicted octanol–water partition coefficient (Wildman–Crippen LogP) is 4.34. The topological polar surface area (TPSA) is 42.7 Å². The normalized spacial score (nSPS) is 17.4. The summed E-state index contributed by atoms with van der Waals surface area (Å²) in [7, 11) is 0. The second kappa shape index (κ2) is 7.74. The molecule has 0 N–H and O–H groups in total. The van der Waals surface area contributed by atoms with Crippen molar-refractivity contribution < 1.29 is 9.15 Å². The van der Waals surface area contributed by atoms with Crippen LogP contribution < -0.4 is 5.63 Å². The summed E-state index contributed by atoms with van der Waals surface area (Å²) >= 11 is 1.73. The molecule has 0 aliphatic carbocycles. The molecule has 5 heteroatoms. The summed E-state index contributed by atoms with van der Waals surface area (Å²) in [6.07, 6.45) is 2.60. The Labute approximate surface area is 157 Å². The highest BCUT2D eigenvalue weighted by molar-refractivity contribution is 7.07. The second-order valence-electron chi connectivity index (χ2n) is 7.02. The van der Waals surface area contributed by atoms with Gasteiger partial charge in [-0.1, -0.05) is 12.1 Å². The molecule has 0 radical (unpaired) electrons. The lowest BCUT2D eigenvalue weighted by Crippen LogP contribution is -2.31. The number of ether oxygens (including phenoxy) is 1. The molecule has 1 fully saturated rings. The van der Waals surface area contributed by atoms with Gasteiger partial charge in [0.2, 0.25) is 0 Å². The first-order chi connectivity index (χ1) is 12.7. The molecular formula is C21H23NO3S. The van der Waals surface area contributed by atoms with Gasteiger partial charge < -0.3 is 9.15 Å². The van der Waals surface area contributed by atoms with Crippen LogP contribution >= 0.6 is 11.3 Å². The van der Waals surface area contributed by atoms with Crippen LogP contribution in [0.4, 0.5) is 0 Å². The number of hydrogen-bond acceptors (Lipinski definition) is 5. The van der Waals surface area contributed by atoms with Crippen molar-refractivity contribution >= 4 is 22.3 Å². The van der Waals surface area contributed by atoms with Crippen LogP contribution in [0, 0.1) is 6.92 Å². The van der Waals surface area contributed by atoms with Gasteiger partial charge in [0.1, 0.15) is 5.58 Å². The van der Waals surface area contributed by atoms with Crippen LogP contribution in [0.25, 0.3) is 11.0 Å². The van der Waals surface area contributed by atoms with Crippen LogP contribution in [0.1, 0.15) is 29.5 Å². The van der Waals surface area contributed by atoms with Gasteiger partial charge in [0.15, 0.2) is 0 Å². The van der Waals surface area contributed by atoms with E-state index < -0.39 is 0 Å². The summed E-state index contributed by atoms with van der Waals surface area (Å²) in [4.78, 5) is 14.1. The molecule has 3 heterocycles. The van der Waals surface area contributed by atoms with Crippen molar-refractivity contribution in [3.8, 4) is 0 Å². The summed E-state index contributed by atoms with van der Waals surface area (Å²) in [6.45, 7) is 5.45. The molecule has 1 atom stereocenters. The average molecular weight is 369 g/mol. The minimum absolute atomic E-state index is 0.290. The van der Waals surface area contributed by atoms with Gasteiger partial charge in [-0.25, -0.2) is 4.79 Å². The Hall–Kier alpha value is -1.95. The fourth-order valence-electron chi connectivity index (χ4n) is 3.63. The van der Waals surface area contributed by atoms with Crippen molar-refractivity contribution in [1.82, 2.24) is 4.90 Å². The molecule has 0 amide bonds. The summed E-state index contributed by atoms with van der Waals surface area (Å²) in [5.41, 5.74) is 3.81. The Morgan fingerprint density at radius 1 is 1.19 bits per heavy atom. The molecule has 1 aromatic carbocycles. The Bertz CT molecular complexity index is 926. The summed E-state index contributed by atoms with van der Waals surface area (Å²) in [5.74, 6) is 0. The minimum Gasteiger partial charge on any atom is -0.423 e. The third-order valence-electron chi connectivity index (χ3n) is 4.89. The maximum Gasteiger partial charge on any atom is 0.336 e. The molecular weight excluding hydrogens is 346 g/mol. The lowest BCUT2D eigenvalue weighted by atomic mass is 10.1. The zero-order valence-electron chi connectivity index (χ0n) is 14.9. The van der Waals surface area contributed by atoms with Crippen LogP contribution in [-0.4, -0.2) is 24.2 Å². The molecule has 0 bridgehead atoms. The van der Waals surface area contributed by atoms with Crippen molar-refractivity contribution in [3.63, 3.8) is 0 Å². The Morgan fingerprint density at radius 2 is 2.08 bits per heavy atom. The lowest BCUT2D eigenvalue weighted by molar-refractivity contribution is 0.0679. The van der Waals surface area contributed by atoms with Gasteiger partial charge in [0, 0.05) is 37.7 Å². The molecule has 4 nitrogen and oxygen atoms in total. The second-order valence-corrected chi connectivity index (χ2v) is 7.80. The van der Waals surface area contributed by atoms with Crippen molar-refractivity contribution in [1.29, 1.82) is 0 Å². The molecule has 0 saturated carbocycles. The van der Waals surface area contributed by atoms with Gasteiger partial charge in [-0.15, -0.1) is 0 Å². The van der Waals surface area contributed by atoms with E-state index in [1.165, 1.54) is 5.56 Å². The van der Waals surface area contributed by atoms with Crippen LogP contribution in [-0.2, 0) is 17.8 Å². The summed E-state index contributed by atoms with van der Waals surface area (Å²) in [6, 6.07) is 9.90. The number of aryl methyl sites for hydroxylation is 1. The Balaban J connectivity index is 1.57. The largest absolute Gasteiger partial charge is 0.423 e. The molecule has 26 heavy (non-hydrogen) atoms. The van der Waals surface area contributed by atoms with Crippen LogP contribution in [0.15, 0.2) is 50.3 Å². The van der Waals surface area contributed by atoms with E-state index in [9.17, 15) is 4.79 Å². The van der Waals surface area contributed by atoms with E-state index in [0.717, 1.165) is 55.6 Å². The Morgan fingerprint density at radius 3 is 2.85 bits per heavy atom. The highest BCUT2D eigenvalue weighted by atomic mass is 32.1. The van der Waals surface area contributed by atoms with Crippen molar-refractivity contribution in [2.45, 2.75) is 39.0 Å². The number of nitrogens with zero attached hydrogens (tertiary/aromatic N) is 1.